The van der Waals surface area contributed by atoms with Crippen molar-refractivity contribution in [3.63, 3.8) is 0 Å². The van der Waals surface area contributed by atoms with Gasteiger partial charge in [0.2, 0.25) is 11.8 Å². The number of nitrogen functional groups attached to an aromatic ring is 1. The zero-order valence-electron chi connectivity index (χ0n) is 10.5. The van der Waals surface area contributed by atoms with E-state index in [1.165, 1.54) is 11.6 Å². The molecule has 0 saturated heterocycles. The van der Waals surface area contributed by atoms with E-state index in [2.05, 4.69) is 15.1 Å². The van der Waals surface area contributed by atoms with Crippen LogP contribution in [0.5, 0.6) is 0 Å². The summed E-state index contributed by atoms with van der Waals surface area (Å²) in [5.74, 6) is -0.0377. The lowest BCUT2D eigenvalue weighted by Crippen LogP contribution is -2.11. The molecule has 0 aliphatic carbocycles. The number of halogens is 1. The Balaban J connectivity index is 2.81. The van der Waals surface area contributed by atoms with Crippen molar-refractivity contribution in [2.45, 2.75) is 20.8 Å². The average Bonchev–Trinajstić information content (AvgIpc) is 2.55. The molecule has 0 fully saturated rings. The number of rotatable bonds is 2. The van der Waals surface area contributed by atoms with Crippen LogP contribution in [0.2, 0.25) is 5.02 Å². The van der Waals surface area contributed by atoms with Gasteiger partial charge in [-0.2, -0.15) is 10.1 Å². The third-order valence-corrected chi connectivity index (χ3v) is 3.19. The maximum Gasteiger partial charge on any atom is 0.334 e. The maximum absolute atomic E-state index is 11.1. The normalized spacial score (nSPS) is 10.7. The molecule has 19 heavy (non-hydrogen) atoms. The van der Waals surface area contributed by atoms with Crippen LogP contribution in [0.1, 0.15) is 17.1 Å². The monoisotopic (exact) mass is 282 g/mol. The Hall–Kier alpha value is -2.22. The molecular formula is C10H11ClN6O2. The number of hydrogen-bond acceptors (Lipinski definition) is 6. The van der Waals surface area contributed by atoms with E-state index in [0.717, 1.165) is 0 Å². The molecule has 0 unspecified atom stereocenters. The summed E-state index contributed by atoms with van der Waals surface area (Å²) in [6.07, 6.45) is 0. The summed E-state index contributed by atoms with van der Waals surface area (Å²) in [5, 5.41) is 15.7. The lowest BCUT2D eigenvalue weighted by atomic mass is 10.3. The van der Waals surface area contributed by atoms with Crippen molar-refractivity contribution in [2.24, 2.45) is 0 Å². The first kappa shape index (κ1) is 13.2. The van der Waals surface area contributed by atoms with Gasteiger partial charge in [0.15, 0.2) is 0 Å². The Labute approximate surface area is 113 Å². The minimum atomic E-state index is -0.561. The highest BCUT2D eigenvalue weighted by Crippen LogP contribution is 2.28. The van der Waals surface area contributed by atoms with Gasteiger partial charge in [-0.05, 0) is 20.8 Å². The molecule has 0 atom stereocenters. The summed E-state index contributed by atoms with van der Waals surface area (Å²) in [6, 6.07) is 0. The molecular weight excluding hydrogens is 272 g/mol. The highest BCUT2D eigenvalue weighted by molar-refractivity contribution is 6.31. The molecule has 2 heterocycles. The average molecular weight is 283 g/mol. The van der Waals surface area contributed by atoms with Crippen LogP contribution in [0.25, 0.3) is 5.82 Å². The Bertz CT molecular complexity index is 681. The number of nitrogens with zero attached hydrogens (tertiary/aromatic N) is 5. The van der Waals surface area contributed by atoms with Crippen LogP contribution < -0.4 is 5.73 Å². The number of nitro groups is 1. The van der Waals surface area contributed by atoms with Gasteiger partial charge in [0, 0.05) is 0 Å². The lowest BCUT2D eigenvalue weighted by molar-refractivity contribution is -0.385. The quantitative estimate of drug-likeness (QED) is 0.663. The number of nitrogens with two attached hydrogens (primary N) is 1. The van der Waals surface area contributed by atoms with E-state index in [9.17, 15) is 10.1 Å². The smallest absolute Gasteiger partial charge is 0.334 e. The predicted molar refractivity (Wildman–Crippen MR) is 69.4 cm³/mol. The molecule has 2 aromatic heterocycles. The van der Waals surface area contributed by atoms with Gasteiger partial charge >= 0.3 is 5.69 Å². The van der Waals surface area contributed by atoms with Crippen molar-refractivity contribution in [2.75, 3.05) is 5.73 Å². The minimum absolute atomic E-state index is 0.0162. The summed E-state index contributed by atoms with van der Waals surface area (Å²) in [4.78, 5) is 18.3. The Kier molecular flexibility index (Phi) is 3.11. The fourth-order valence-electron chi connectivity index (χ4n) is 1.76. The number of hydrogen-bond donors (Lipinski definition) is 1. The minimum Gasteiger partial charge on any atom is -0.368 e. The molecule has 2 N–H and O–H groups in total. The largest absolute Gasteiger partial charge is 0.368 e. The van der Waals surface area contributed by atoms with Gasteiger partial charge in [-0.3, -0.25) is 10.1 Å². The lowest BCUT2D eigenvalue weighted by Gasteiger charge is -2.06. The van der Waals surface area contributed by atoms with Crippen LogP contribution in [0.4, 0.5) is 11.6 Å². The Morgan fingerprint density at radius 2 is 1.89 bits per heavy atom. The molecule has 9 heteroatoms. The highest BCUT2D eigenvalue weighted by Gasteiger charge is 2.25. The van der Waals surface area contributed by atoms with Crippen molar-refractivity contribution in [3.8, 4) is 5.82 Å². The predicted octanol–water partition coefficient (Wildman–Crippen LogP) is 1.73. The zero-order chi connectivity index (χ0) is 14.3. The second-order valence-electron chi connectivity index (χ2n) is 3.99. The van der Waals surface area contributed by atoms with Gasteiger partial charge in [0.1, 0.15) is 5.69 Å². The second-order valence-corrected chi connectivity index (χ2v) is 4.37. The molecule has 0 bridgehead atoms. The fourth-order valence-corrected chi connectivity index (χ4v) is 1.88. The standard InChI is InChI=1S/C10H11ClN6O2/c1-4-7(11)6(3)16(15-4)9-8(17(18)19)5(2)13-10(12)14-9/h1-3H3,(H2,12,13,14). The van der Waals surface area contributed by atoms with Gasteiger partial charge in [-0.1, -0.05) is 11.6 Å². The van der Waals surface area contributed by atoms with Gasteiger partial charge in [-0.15, -0.1) is 0 Å². The summed E-state index contributed by atoms with van der Waals surface area (Å²) in [5.41, 5.74) is 6.59. The van der Waals surface area contributed by atoms with Crippen LogP contribution in [0.3, 0.4) is 0 Å². The number of aryl methyl sites for hydroxylation is 2. The summed E-state index contributed by atoms with van der Waals surface area (Å²) in [7, 11) is 0. The molecule has 0 aromatic carbocycles. The topological polar surface area (TPSA) is 113 Å². The molecule has 0 aliphatic rings. The molecule has 0 aliphatic heterocycles. The van der Waals surface area contributed by atoms with Crippen molar-refractivity contribution >= 4 is 23.2 Å². The van der Waals surface area contributed by atoms with Gasteiger partial charge in [0.25, 0.3) is 0 Å². The first-order chi connectivity index (χ1) is 8.82. The van der Waals surface area contributed by atoms with E-state index in [1.54, 1.807) is 13.8 Å². The van der Waals surface area contributed by atoms with Crippen molar-refractivity contribution in [1.82, 2.24) is 19.7 Å². The molecule has 100 valence electrons. The van der Waals surface area contributed by atoms with Crippen LogP contribution >= 0.6 is 11.6 Å². The summed E-state index contributed by atoms with van der Waals surface area (Å²) >= 11 is 6.03. The Morgan fingerprint density at radius 1 is 1.26 bits per heavy atom. The summed E-state index contributed by atoms with van der Waals surface area (Å²) in [6.45, 7) is 4.89. The molecule has 0 saturated carbocycles. The van der Waals surface area contributed by atoms with Gasteiger partial charge in [-0.25, -0.2) is 9.67 Å². The molecule has 8 nitrogen and oxygen atoms in total. The van der Waals surface area contributed by atoms with E-state index >= 15 is 0 Å². The SMILES string of the molecule is Cc1nn(-c2nc(N)nc(C)c2[N+](=O)[O-])c(C)c1Cl. The van der Waals surface area contributed by atoms with Crippen LogP contribution in [0.15, 0.2) is 0 Å². The van der Waals surface area contributed by atoms with E-state index in [-0.39, 0.29) is 23.1 Å². The maximum atomic E-state index is 11.1. The summed E-state index contributed by atoms with van der Waals surface area (Å²) < 4.78 is 1.31. The molecule has 2 aromatic rings. The van der Waals surface area contributed by atoms with E-state index in [0.29, 0.717) is 16.4 Å². The first-order valence-corrected chi connectivity index (χ1v) is 5.71. The number of anilines is 1. The highest BCUT2D eigenvalue weighted by atomic mass is 35.5. The second kappa shape index (κ2) is 4.47. The molecule has 2 rings (SSSR count). The fraction of sp³-hybridized carbons (Fsp3) is 0.300. The zero-order valence-corrected chi connectivity index (χ0v) is 11.3. The van der Waals surface area contributed by atoms with Crippen LogP contribution in [-0.2, 0) is 0 Å². The van der Waals surface area contributed by atoms with Crippen molar-refractivity contribution < 1.29 is 4.92 Å². The van der Waals surface area contributed by atoms with Gasteiger partial charge in [0.05, 0.1) is 21.3 Å². The third kappa shape index (κ3) is 2.10. The van der Waals surface area contributed by atoms with Gasteiger partial charge < -0.3 is 5.73 Å². The van der Waals surface area contributed by atoms with Crippen LogP contribution in [-0.4, -0.2) is 24.7 Å². The molecule has 0 amide bonds. The number of aromatic nitrogens is 4. The molecule has 0 radical (unpaired) electrons. The van der Waals surface area contributed by atoms with E-state index in [4.69, 9.17) is 17.3 Å². The first-order valence-electron chi connectivity index (χ1n) is 5.33. The van der Waals surface area contributed by atoms with E-state index in [1.807, 2.05) is 0 Å². The van der Waals surface area contributed by atoms with Crippen LogP contribution in [0, 0.1) is 30.9 Å². The Morgan fingerprint density at radius 3 is 2.37 bits per heavy atom. The van der Waals surface area contributed by atoms with E-state index < -0.39 is 4.92 Å². The van der Waals surface area contributed by atoms with Crippen molar-refractivity contribution in [1.29, 1.82) is 0 Å². The third-order valence-electron chi connectivity index (χ3n) is 2.64. The van der Waals surface area contributed by atoms with Crippen molar-refractivity contribution in [3.05, 3.63) is 32.2 Å². The molecule has 0 spiro atoms.